The summed E-state index contributed by atoms with van der Waals surface area (Å²) in [6, 6.07) is 10.2. The van der Waals surface area contributed by atoms with Crippen LogP contribution in [0.2, 0.25) is 0 Å². The third-order valence-corrected chi connectivity index (χ3v) is 3.07. The van der Waals surface area contributed by atoms with Crippen LogP contribution in [0.1, 0.15) is 18.9 Å². The number of benzene rings is 1. The number of carbonyl (C=O) groups is 1. The second-order valence-electron chi connectivity index (χ2n) is 3.10. The molecule has 0 aromatic heterocycles. The number of hydrogen-bond donors (Lipinski definition) is 0. The number of rotatable bonds is 4. The van der Waals surface area contributed by atoms with Gasteiger partial charge in [-0.2, -0.15) is 0 Å². The van der Waals surface area contributed by atoms with E-state index in [1.54, 1.807) is 6.92 Å². The third kappa shape index (κ3) is 3.73. The number of carbonyl (C=O) groups excluding carboxylic acids is 1. The van der Waals surface area contributed by atoms with E-state index in [1.165, 1.54) is 5.56 Å². The molecule has 0 amide bonds. The van der Waals surface area contributed by atoms with E-state index in [-0.39, 0.29) is 10.6 Å². The van der Waals surface area contributed by atoms with Crippen molar-refractivity contribution in [2.45, 2.75) is 24.6 Å². The van der Waals surface area contributed by atoms with Crippen LogP contribution in [0, 0.1) is 0 Å². The molecule has 0 spiro atoms. The molecule has 1 aromatic carbocycles. The average Bonchev–Trinajstić information content (AvgIpc) is 2.15. The van der Waals surface area contributed by atoms with Gasteiger partial charge in [-0.25, -0.2) is 0 Å². The number of ketones is 1. The number of Topliss-reactive ketones (excluding diaryl/α,β-unsaturated/α-hetero) is 1. The van der Waals surface area contributed by atoms with Crippen molar-refractivity contribution in [3.05, 3.63) is 35.9 Å². The van der Waals surface area contributed by atoms with E-state index in [4.69, 9.17) is 0 Å². The molecule has 0 aliphatic heterocycles. The molecule has 0 fully saturated rings. The fourth-order valence-electron chi connectivity index (χ4n) is 1.14. The summed E-state index contributed by atoms with van der Waals surface area (Å²) in [4.78, 5) is 10.9. The molecule has 0 heterocycles. The quantitative estimate of drug-likeness (QED) is 0.740. The zero-order chi connectivity index (χ0) is 9.68. The molecule has 0 aliphatic carbocycles. The molecule has 1 aromatic rings. The molecular formula is C11H13BrO. The Morgan fingerprint density at radius 1 is 1.38 bits per heavy atom. The summed E-state index contributed by atoms with van der Waals surface area (Å²) in [5, 5.41) is 0. The third-order valence-electron chi connectivity index (χ3n) is 1.97. The van der Waals surface area contributed by atoms with Crippen LogP contribution in [0.3, 0.4) is 0 Å². The summed E-state index contributed by atoms with van der Waals surface area (Å²) in [5.41, 5.74) is 1.29. The zero-order valence-corrected chi connectivity index (χ0v) is 9.25. The smallest absolute Gasteiger partial charge is 0.143 e. The van der Waals surface area contributed by atoms with Crippen LogP contribution >= 0.6 is 15.9 Å². The number of halogens is 1. The fraction of sp³-hybridized carbons (Fsp3) is 0.364. The second kappa shape index (κ2) is 5.18. The van der Waals surface area contributed by atoms with Gasteiger partial charge in [-0.05, 0) is 25.3 Å². The lowest BCUT2D eigenvalue weighted by Gasteiger charge is -2.04. The van der Waals surface area contributed by atoms with Crippen LogP contribution < -0.4 is 0 Å². The highest BCUT2D eigenvalue weighted by Crippen LogP contribution is 2.11. The molecular weight excluding hydrogens is 228 g/mol. The Morgan fingerprint density at radius 3 is 2.54 bits per heavy atom. The summed E-state index contributed by atoms with van der Waals surface area (Å²) >= 11 is 3.35. The average molecular weight is 241 g/mol. The van der Waals surface area contributed by atoms with Crippen LogP contribution in [0.25, 0.3) is 0 Å². The molecule has 1 unspecified atom stereocenters. The summed E-state index contributed by atoms with van der Waals surface area (Å²) in [7, 11) is 0. The van der Waals surface area contributed by atoms with Crippen LogP contribution in [0.5, 0.6) is 0 Å². The molecule has 1 rings (SSSR count). The summed E-state index contributed by atoms with van der Waals surface area (Å²) in [6.07, 6.45) is 1.83. The molecule has 0 radical (unpaired) electrons. The van der Waals surface area contributed by atoms with Crippen LogP contribution in [0.4, 0.5) is 0 Å². The maximum Gasteiger partial charge on any atom is 0.143 e. The van der Waals surface area contributed by atoms with Gasteiger partial charge >= 0.3 is 0 Å². The summed E-state index contributed by atoms with van der Waals surface area (Å²) < 4.78 is 0. The van der Waals surface area contributed by atoms with Gasteiger partial charge in [0.05, 0.1) is 4.83 Å². The van der Waals surface area contributed by atoms with Gasteiger partial charge in [0.25, 0.3) is 0 Å². The highest BCUT2D eigenvalue weighted by molar-refractivity contribution is 9.10. The Bertz CT molecular complexity index is 269. The first-order chi connectivity index (χ1) is 6.20. The standard InChI is InChI=1S/C11H13BrO/c1-9(13)11(12)8-7-10-5-3-2-4-6-10/h2-6,11H,7-8H2,1H3. The lowest BCUT2D eigenvalue weighted by Crippen LogP contribution is -2.10. The van der Waals surface area contributed by atoms with Gasteiger partial charge < -0.3 is 0 Å². The Morgan fingerprint density at radius 2 is 2.00 bits per heavy atom. The largest absolute Gasteiger partial charge is 0.299 e. The van der Waals surface area contributed by atoms with E-state index in [2.05, 4.69) is 28.1 Å². The predicted octanol–water partition coefficient (Wildman–Crippen LogP) is 2.97. The molecule has 0 saturated carbocycles. The van der Waals surface area contributed by atoms with Crippen LogP contribution in [-0.2, 0) is 11.2 Å². The van der Waals surface area contributed by atoms with Crippen molar-refractivity contribution < 1.29 is 4.79 Å². The molecule has 0 aliphatic rings. The monoisotopic (exact) mass is 240 g/mol. The first kappa shape index (κ1) is 10.5. The van der Waals surface area contributed by atoms with Gasteiger partial charge in [-0.1, -0.05) is 46.3 Å². The minimum atomic E-state index is 0.00714. The highest BCUT2D eigenvalue weighted by Gasteiger charge is 2.08. The first-order valence-electron chi connectivity index (χ1n) is 4.38. The highest BCUT2D eigenvalue weighted by atomic mass is 79.9. The lowest BCUT2D eigenvalue weighted by molar-refractivity contribution is -0.116. The Balaban J connectivity index is 2.39. The van der Waals surface area contributed by atoms with E-state index < -0.39 is 0 Å². The Labute approximate surface area is 87.3 Å². The van der Waals surface area contributed by atoms with E-state index in [1.807, 2.05) is 18.2 Å². The molecule has 1 atom stereocenters. The Kier molecular flexibility index (Phi) is 4.16. The van der Waals surface area contributed by atoms with Crippen LogP contribution in [0.15, 0.2) is 30.3 Å². The number of aryl methyl sites for hydroxylation is 1. The first-order valence-corrected chi connectivity index (χ1v) is 5.30. The van der Waals surface area contributed by atoms with E-state index >= 15 is 0 Å². The minimum absolute atomic E-state index is 0.00714. The van der Waals surface area contributed by atoms with Crippen molar-refractivity contribution in [1.82, 2.24) is 0 Å². The molecule has 0 saturated heterocycles. The van der Waals surface area contributed by atoms with Gasteiger partial charge in [0.2, 0.25) is 0 Å². The normalized spacial score (nSPS) is 12.5. The van der Waals surface area contributed by atoms with Gasteiger partial charge in [0.1, 0.15) is 5.78 Å². The van der Waals surface area contributed by atoms with Crippen molar-refractivity contribution in [3.8, 4) is 0 Å². The molecule has 13 heavy (non-hydrogen) atoms. The summed E-state index contributed by atoms with van der Waals surface area (Å²) in [5.74, 6) is 0.205. The predicted molar refractivity (Wildman–Crippen MR) is 58.2 cm³/mol. The molecule has 70 valence electrons. The minimum Gasteiger partial charge on any atom is -0.299 e. The van der Waals surface area contributed by atoms with Crippen molar-refractivity contribution >= 4 is 21.7 Å². The van der Waals surface area contributed by atoms with Crippen molar-refractivity contribution in [2.75, 3.05) is 0 Å². The van der Waals surface area contributed by atoms with Gasteiger partial charge in [-0.15, -0.1) is 0 Å². The fourth-order valence-corrected chi connectivity index (χ4v) is 1.37. The van der Waals surface area contributed by atoms with Gasteiger partial charge in [0, 0.05) is 0 Å². The van der Waals surface area contributed by atoms with E-state index in [0.717, 1.165) is 12.8 Å². The zero-order valence-electron chi connectivity index (χ0n) is 7.66. The maximum atomic E-state index is 10.9. The van der Waals surface area contributed by atoms with Crippen molar-refractivity contribution in [2.24, 2.45) is 0 Å². The summed E-state index contributed by atoms with van der Waals surface area (Å²) in [6.45, 7) is 1.62. The van der Waals surface area contributed by atoms with Crippen LogP contribution in [-0.4, -0.2) is 10.6 Å². The molecule has 1 nitrogen and oxygen atoms in total. The van der Waals surface area contributed by atoms with E-state index in [0.29, 0.717) is 0 Å². The maximum absolute atomic E-state index is 10.9. The van der Waals surface area contributed by atoms with Gasteiger partial charge in [-0.3, -0.25) is 4.79 Å². The topological polar surface area (TPSA) is 17.1 Å². The van der Waals surface area contributed by atoms with Crippen molar-refractivity contribution in [3.63, 3.8) is 0 Å². The Hall–Kier alpha value is -0.630. The van der Waals surface area contributed by atoms with Gasteiger partial charge in [0.15, 0.2) is 0 Å². The number of alkyl halides is 1. The lowest BCUT2D eigenvalue weighted by atomic mass is 10.1. The number of hydrogen-bond acceptors (Lipinski definition) is 1. The molecule has 0 bridgehead atoms. The second-order valence-corrected chi connectivity index (χ2v) is 4.21. The molecule has 2 heteroatoms. The molecule has 0 N–H and O–H groups in total. The van der Waals surface area contributed by atoms with E-state index in [9.17, 15) is 4.79 Å². The SMILES string of the molecule is CC(=O)C(Br)CCc1ccccc1. The van der Waals surface area contributed by atoms with Crippen molar-refractivity contribution in [1.29, 1.82) is 0 Å².